The maximum absolute atomic E-state index is 14.3. The van der Waals surface area contributed by atoms with Crippen molar-refractivity contribution in [2.45, 2.75) is 57.2 Å². The lowest BCUT2D eigenvalue weighted by molar-refractivity contribution is -0.136. The van der Waals surface area contributed by atoms with Crippen LogP contribution in [0.25, 0.3) is 16.6 Å². The normalized spacial score (nSPS) is 17.9. The molecule has 242 valence electrons. The van der Waals surface area contributed by atoms with Gasteiger partial charge in [0.1, 0.15) is 12.0 Å². The van der Waals surface area contributed by atoms with Crippen LogP contribution < -0.4 is 4.74 Å². The molecule has 47 heavy (non-hydrogen) atoms. The third-order valence-corrected chi connectivity index (χ3v) is 9.41. The number of benzene rings is 2. The van der Waals surface area contributed by atoms with Crippen LogP contribution in [-0.4, -0.2) is 67.0 Å². The fourth-order valence-corrected chi connectivity index (χ4v) is 6.95. The first-order valence-corrected chi connectivity index (χ1v) is 15.5. The summed E-state index contributed by atoms with van der Waals surface area (Å²) in [5, 5.41) is 4.96. The lowest BCUT2D eigenvalue weighted by Crippen LogP contribution is -2.46. The van der Waals surface area contributed by atoms with Gasteiger partial charge in [-0.15, -0.1) is 0 Å². The van der Waals surface area contributed by atoms with Crippen molar-refractivity contribution in [1.29, 1.82) is 0 Å². The third kappa shape index (κ3) is 5.33. The maximum atomic E-state index is 14.3. The van der Waals surface area contributed by atoms with Gasteiger partial charge >= 0.3 is 12.1 Å². The van der Waals surface area contributed by atoms with E-state index in [-0.39, 0.29) is 35.5 Å². The van der Waals surface area contributed by atoms with Crippen molar-refractivity contribution in [1.82, 2.24) is 29.5 Å². The van der Waals surface area contributed by atoms with E-state index in [1.54, 1.807) is 14.5 Å². The summed E-state index contributed by atoms with van der Waals surface area (Å²) in [4.78, 5) is 50.3. The van der Waals surface area contributed by atoms with Crippen LogP contribution in [0.15, 0.2) is 55.5 Å². The maximum Gasteiger partial charge on any atom is 0.418 e. The number of carbonyl (C=O) groups is 3. The largest absolute Gasteiger partial charge is 0.424 e. The van der Waals surface area contributed by atoms with Crippen LogP contribution in [0, 0.1) is 0 Å². The Morgan fingerprint density at radius 2 is 1.89 bits per heavy atom. The van der Waals surface area contributed by atoms with Crippen LogP contribution in [0.2, 0.25) is 0 Å². The van der Waals surface area contributed by atoms with E-state index in [2.05, 4.69) is 16.5 Å². The first kappa shape index (κ1) is 30.6. The van der Waals surface area contributed by atoms with Crippen LogP contribution in [0.4, 0.5) is 13.2 Å². The Bertz CT molecular complexity index is 1950. The Hall–Kier alpha value is -5.07. The average molecular weight is 645 g/mol. The summed E-state index contributed by atoms with van der Waals surface area (Å²) in [6, 6.07) is 7.21. The topological polar surface area (TPSA) is 111 Å². The van der Waals surface area contributed by atoms with Gasteiger partial charge in [0.25, 0.3) is 5.91 Å². The van der Waals surface area contributed by atoms with E-state index in [4.69, 9.17) is 9.84 Å². The fourth-order valence-electron chi connectivity index (χ4n) is 6.95. The summed E-state index contributed by atoms with van der Waals surface area (Å²) < 4.78 is 48.9. The zero-order valence-corrected chi connectivity index (χ0v) is 25.6. The zero-order chi connectivity index (χ0) is 33.0. The van der Waals surface area contributed by atoms with Gasteiger partial charge < -0.3 is 14.5 Å². The van der Waals surface area contributed by atoms with E-state index in [1.165, 1.54) is 19.2 Å². The van der Waals surface area contributed by atoms with Crippen molar-refractivity contribution < 1.29 is 32.3 Å². The second kappa shape index (κ2) is 11.6. The van der Waals surface area contributed by atoms with Gasteiger partial charge in [-0.1, -0.05) is 19.1 Å². The molecule has 0 saturated heterocycles. The molecule has 0 N–H and O–H groups in total. The number of hydrogen-bond donors (Lipinski definition) is 0. The number of aromatic nitrogens is 4. The lowest BCUT2D eigenvalue weighted by atomic mass is 9.80. The first-order chi connectivity index (χ1) is 22.5. The Labute approximate surface area is 267 Å². The van der Waals surface area contributed by atoms with Gasteiger partial charge in [-0.25, -0.2) is 14.6 Å². The highest BCUT2D eigenvalue weighted by Crippen LogP contribution is 2.42. The molecule has 1 unspecified atom stereocenters. The molecule has 0 radical (unpaired) electrons. The second-order valence-electron chi connectivity index (χ2n) is 12.1. The van der Waals surface area contributed by atoms with E-state index >= 15 is 0 Å². The van der Waals surface area contributed by atoms with Crippen molar-refractivity contribution in [3.05, 3.63) is 89.2 Å². The number of halogens is 3. The molecule has 1 atom stereocenters. The summed E-state index contributed by atoms with van der Waals surface area (Å²) in [7, 11) is 0. The van der Waals surface area contributed by atoms with Gasteiger partial charge in [0.2, 0.25) is 5.91 Å². The number of rotatable bonds is 5. The summed E-state index contributed by atoms with van der Waals surface area (Å²) in [5.74, 6) is -0.466. The van der Waals surface area contributed by atoms with Gasteiger partial charge in [-0.05, 0) is 54.7 Å². The first-order valence-electron chi connectivity index (χ1n) is 15.5. The molecule has 1 fully saturated rings. The average Bonchev–Trinajstić information content (AvgIpc) is 3.27. The number of alkyl halides is 3. The summed E-state index contributed by atoms with van der Waals surface area (Å²) >= 11 is 0. The Morgan fingerprint density at radius 3 is 2.60 bits per heavy atom. The minimum atomic E-state index is -4.68. The summed E-state index contributed by atoms with van der Waals surface area (Å²) in [6.45, 7) is 5.62. The smallest absolute Gasteiger partial charge is 0.418 e. The highest BCUT2D eigenvalue weighted by Gasteiger charge is 2.41. The third-order valence-electron chi connectivity index (χ3n) is 9.41. The Kier molecular flexibility index (Phi) is 7.56. The molecule has 0 spiro atoms. The predicted molar refractivity (Wildman–Crippen MR) is 164 cm³/mol. The molecule has 2 aromatic carbocycles. The van der Waals surface area contributed by atoms with Crippen LogP contribution in [0.3, 0.4) is 0 Å². The van der Waals surface area contributed by atoms with Gasteiger partial charge in [0.15, 0.2) is 5.75 Å². The number of nitrogens with zero attached hydrogens (tertiary/aromatic N) is 6. The van der Waals surface area contributed by atoms with Gasteiger partial charge in [-0.2, -0.15) is 18.3 Å². The molecule has 2 aliphatic heterocycles. The van der Waals surface area contributed by atoms with E-state index < -0.39 is 29.7 Å². The molecule has 2 amide bonds. The van der Waals surface area contributed by atoms with Crippen molar-refractivity contribution in [3.63, 3.8) is 0 Å². The van der Waals surface area contributed by atoms with E-state index in [0.29, 0.717) is 42.4 Å². The van der Waals surface area contributed by atoms with Gasteiger partial charge in [0, 0.05) is 56.5 Å². The second-order valence-corrected chi connectivity index (χ2v) is 12.1. The quantitative estimate of drug-likeness (QED) is 0.164. The standard InChI is InChI=1S/C34H31F3N6O4/c1-3-30(45)41-13-11-25-31-27(43(40-25)26-10-7-21(20-5-4-6-20)15-29(26)47-19(2)44)12-14-42(28(31)17-41)33(46)22-8-9-24(34(35,36)37)32-23(22)16-38-18-39-32/h3,7-10,15-16,18,20,28H,1,4-6,11-14,17H2,2H3. The Morgan fingerprint density at radius 1 is 1.09 bits per heavy atom. The highest BCUT2D eigenvalue weighted by molar-refractivity contribution is 6.07. The van der Waals surface area contributed by atoms with Crippen LogP contribution in [0.1, 0.15) is 76.6 Å². The van der Waals surface area contributed by atoms with Crippen LogP contribution >= 0.6 is 0 Å². The zero-order valence-electron chi connectivity index (χ0n) is 25.6. The molecule has 4 heterocycles. The van der Waals surface area contributed by atoms with Gasteiger partial charge in [-0.3, -0.25) is 14.4 Å². The molecule has 0 bridgehead atoms. The monoisotopic (exact) mass is 644 g/mol. The SMILES string of the molecule is C=CC(=O)N1CCc2nn(-c3ccc(C4CCC4)cc3OC(C)=O)c3c2C(C1)N(C(=O)c1ccc(C(F)(F)F)c2ncncc12)CC3. The van der Waals surface area contributed by atoms with Crippen molar-refractivity contribution in [2.75, 3.05) is 19.6 Å². The molecule has 3 aliphatic rings. The minimum Gasteiger partial charge on any atom is -0.424 e. The molecule has 1 saturated carbocycles. The lowest BCUT2D eigenvalue weighted by Gasteiger charge is -2.38. The van der Waals surface area contributed by atoms with Crippen LogP contribution in [-0.2, 0) is 28.6 Å². The number of amides is 2. The molecule has 13 heteroatoms. The van der Waals surface area contributed by atoms with Crippen molar-refractivity contribution in [3.8, 4) is 11.4 Å². The molecule has 2 aromatic heterocycles. The summed E-state index contributed by atoms with van der Waals surface area (Å²) in [6.07, 6.45) is 2.84. The fraction of sp³-hybridized carbons (Fsp3) is 0.353. The number of fused-ring (bicyclic) bond motifs is 1. The molecular weight excluding hydrogens is 613 g/mol. The molecular formula is C34H31F3N6O4. The molecule has 1 aliphatic carbocycles. The Balaban J connectivity index is 1.34. The molecule has 7 rings (SSSR count). The van der Waals surface area contributed by atoms with E-state index in [1.807, 2.05) is 18.2 Å². The number of ether oxygens (including phenoxy) is 1. The van der Waals surface area contributed by atoms with Gasteiger partial charge in [0.05, 0.1) is 34.1 Å². The molecule has 4 aromatic rings. The van der Waals surface area contributed by atoms with Crippen molar-refractivity contribution >= 4 is 28.7 Å². The highest BCUT2D eigenvalue weighted by atomic mass is 19.4. The number of esters is 1. The van der Waals surface area contributed by atoms with E-state index in [0.717, 1.165) is 54.5 Å². The summed E-state index contributed by atoms with van der Waals surface area (Å²) in [5.41, 5.74) is 2.66. The number of hydrogen-bond acceptors (Lipinski definition) is 7. The number of carbonyl (C=O) groups excluding carboxylic acids is 3. The predicted octanol–water partition coefficient (Wildman–Crippen LogP) is 5.34. The minimum absolute atomic E-state index is 0.0146. The molecule has 10 nitrogen and oxygen atoms in total. The van der Waals surface area contributed by atoms with Crippen LogP contribution in [0.5, 0.6) is 5.75 Å². The van der Waals surface area contributed by atoms with E-state index in [9.17, 15) is 27.6 Å². The van der Waals surface area contributed by atoms with Crippen molar-refractivity contribution in [2.24, 2.45) is 0 Å².